The topological polar surface area (TPSA) is 66.8 Å². The van der Waals surface area contributed by atoms with Crippen molar-refractivity contribution in [3.8, 4) is 0 Å². The van der Waals surface area contributed by atoms with Gasteiger partial charge in [-0.25, -0.2) is 8.42 Å². The van der Waals surface area contributed by atoms with Crippen LogP contribution in [-0.2, 0) is 14.6 Å². The normalized spacial score (nSPS) is 28.1. The lowest BCUT2D eigenvalue weighted by molar-refractivity contribution is -0.117. The Morgan fingerprint density at radius 1 is 1.45 bits per heavy atom. The van der Waals surface area contributed by atoms with Crippen molar-refractivity contribution >= 4 is 61.0 Å². The summed E-state index contributed by atoms with van der Waals surface area (Å²) in [6, 6.07) is 7.68. The SMILES string of the molecule is CCC(=O)N=C1S[C@H]2CS(=O)(=O)C[C@@H]2N1c1cccc(I)c1. The third kappa shape index (κ3) is 3.18. The van der Waals surface area contributed by atoms with Crippen molar-refractivity contribution in [3.63, 3.8) is 0 Å². The molecule has 0 aliphatic carbocycles. The van der Waals surface area contributed by atoms with E-state index in [2.05, 4.69) is 27.6 Å². The average molecular weight is 450 g/mol. The largest absolute Gasteiger partial charge is 0.316 e. The number of carbonyl (C=O) groups is 1. The fraction of sp³-hybridized carbons (Fsp3) is 0.429. The van der Waals surface area contributed by atoms with Gasteiger partial charge in [-0.05, 0) is 40.8 Å². The van der Waals surface area contributed by atoms with E-state index >= 15 is 0 Å². The molecule has 22 heavy (non-hydrogen) atoms. The Bertz CT molecular complexity index is 748. The minimum absolute atomic E-state index is 0.0497. The van der Waals surface area contributed by atoms with Crippen LogP contribution in [0, 0.1) is 3.57 Å². The molecule has 1 aromatic carbocycles. The number of sulfone groups is 1. The van der Waals surface area contributed by atoms with E-state index in [0.29, 0.717) is 11.6 Å². The summed E-state index contributed by atoms with van der Waals surface area (Å²) in [6.45, 7) is 1.77. The van der Waals surface area contributed by atoms with Crippen LogP contribution < -0.4 is 4.90 Å². The predicted molar refractivity (Wildman–Crippen MR) is 98.2 cm³/mol. The van der Waals surface area contributed by atoms with Crippen molar-refractivity contribution in [2.24, 2.45) is 4.99 Å². The third-order valence-electron chi connectivity index (χ3n) is 3.68. The zero-order chi connectivity index (χ0) is 15.9. The molecule has 0 saturated carbocycles. The van der Waals surface area contributed by atoms with E-state index in [1.165, 1.54) is 11.8 Å². The molecule has 2 aliphatic heterocycles. The first kappa shape index (κ1) is 16.3. The van der Waals surface area contributed by atoms with Crippen LogP contribution in [0.4, 0.5) is 5.69 Å². The molecule has 5 nitrogen and oxygen atoms in total. The highest BCUT2D eigenvalue weighted by molar-refractivity contribution is 14.1. The molecule has 1 amide bonds. The van der Waals surface area contributed by atoms with Crippen LogP contribution in [0.1, 0.15) is 13.3 Å². The minimum Gasteiger partial charge on any atom is -0.316 e. The number of anilines is 1. The molecular formula is C14H15IN2O3S2. The quantitative estimate of drug-likeness (QED) is 0.648. The van der Waals surface area contributed by atoms with Crippen LogP contribution >= 0.6 is 34.4 Å². The Morgan fingerprint density at radius 2 is 2.23 bits per heavy atom. The van der Waals surface area contributed by atoms with Crippen molar-refractivity contribution in [2.75, 3.05) is 16.4 Å². The molecule has 118 valence electrons. The predicted octanol–water partition coefficient (Wildman–Crippen LogP) is 2.30. The first-order valence-corrected chi connectivity index (χ1v) is 10.7. The maximum absolute atomic E-state index is 11.9. The van der Waals surface area contributed by atoms with Gasteiger partial charge in [-0.2, -0.15) is 4.99 Å². The number of nitrogens with zero attached hydrogens (tertiary/aromatic N) is 2. The van der Waals surface area contributed by atoms with Gasteiger partial charge < -0.3 is 4.90 Å². The number of benzene rings is 1. The number of fused-ring (bicyclic) bond motifs is 1. The molecule has 0 N–H and O–H groups in total. The summed E-state index contributed by atoms with van der Waals surface area (Å²) in [5.74, 6) is 0.0957. The van der Waals surface area contributed by atoms with Crippen LogP contribution in [0.15, 0.2) is 29.3 Å². The summed E-state index contributed by atoms with van der Waals surface area (Å²) in [7, 11) is -3.02. The van der Waals surface area contributed by atoms with Gasteiger partial charge in [0, 0.05) is 20.9 Å². The summed E-state index contributed by atoms with van der Waals surface area (Å²) in [6.07, 6.45) is 0.345. The highest BCUT2D eigenvalue weighted by atomic mass is 127. The van der Waals surface area contributed by atoms with Crippen molar-refractivity contribution in [3.05, 3.63) is 27.8 Å². The lowest BCUT2D eigenvalue weighted by Gasteiger charge is -2.24. The Hall–Kier alpha value is -0.610. The second-order valence-electron chi connectivity index (χ2n) is 5.29. The number of amides is 1. The summed E-state index contributed by atoms with van der Waals surface area (Å²) in [5, 5.41) is 0.574. The maximum Gasteiger partial charge on any atom is 0.247 e. The molecule has 2 fully saturated rings. The molecule has 0 unspecified atom stereocenters. The van der Waals surface area contributed by atoms with Crippen molar-refractivity contribution < 1.29 is 13.2 Å². The molecule has 2 aliphatic rings. The van der Waals surface area contributed by atoms with Gasteiger partial charge in [0.15, 0.2) is 15.0 Å². The van der Waals surface area contributed by atoms with Gasteiger partial charge in [-0.3, -0.25) is 4.79 Å². The van der Waals surface area contributed by atoms with Crippen LogP contribution in [0.5, 0.6) is 0 Å². The van der Waals surface area contributed by atoms with Crippen molar-refractivity contribution in [1.82, 2.24) is 0 Å². The first-order valence-electron chi connectivity index (χ1n) is 6.93. The van der Waals surface area contributed by atoms with Crippen molar-refractivity contribution in [2.45, 2.75) is 24.6 Å². The van der Waals surface area contributed by atoms with Gasteiger partial charge >= 0.3 is 0 Å². The number of hydrogen-bond donors (Lipinski definition) is 0. The standard InChI is InChI=1S/C14H15IN2O3S2/c1-2-13(18)16-14-17(10-5-3-4-9(15)6-10)11-7-22(19,20)8-12(11)21-14/h3-6,11-12H,2,7-8H2,1H3/t11-,12-/m0/s1. The number of carbonyl (C=O) groups excluding carboxylic acids is 1. The molecule has 2 saturated heterocycles. The fourth-order valence-corrected chi connectivity index (χ4v) is 7.14. The van der Waals surface area contributed by atoms with E-state index in [1.807, 2.05) is 29.2 Å². The molecule has 0 aromatic heterocycles. The Labute approximate surface area is 147 Å². The van der Waals surface area contributed by atoms with Crippen LogP contribution in [-0.4, -0.2) is 42.3 Å². The first-order chi connectivity index (χ1) is 10.4. The Morgan fingerprint density at radius 3 is 2.91 bits per heavy atom. The molecule has 0 radical (unpaired) electrons. The Kier molecular flexibility index (Phi) is 4.52. The van der Waals surface area contributed by atoms with E-state index in [9.17, 15) is 13.2 Å². The highest BCUT2D eigenvalue weighted by Gasteiger charge is 2.49. The molecule has 1 aromatic rings. The van der Waals surface area contributed by atoms with Gasteiger partial charge in [-0.15, -0.1) is 0 Å². The molecule has 8 heteroatoms. The minimum atomic E-state index is -3.02. The molecule has 3 rings (SSSR count). The summed E-state index contributed by atoms with van der Waals surface area (Å²) < 4.78 is 24.9. The molecule has 2 heterocycles. The van der Waals surface area contributed by atoms with E-state index < -0.39 is 9.84 Å². The van der Waals surface area contributed by atoms with Gasteiger partial charge in [0.25, 0.3) is 0 Å². The molecule has 2 atom stereocenters. The summed E-state index contributed by atoms with van der Waals surface area (Å²) in [4.78, 5) is 17.8. The number of aliphatic imine (C=N–C) groups is 1. The molecular weight excluding hydrogens is 435 g/mol. The smallest absolute Gasteiger partial charge is 0.247 e. The lowest BCUT2D eigenvalue weighted by atomic mass is 10.2. The number of halogens is 1. The van der Waals surface area contributed by atoms with Gasteiger partial charge in [0.1, 0.15) is 0 Å². The molecule has 0 spiro atoms. The van der Waals surface area contributed by atoms with E-state index in [-0.39, 0.29) is 28.7 Å². The fourth-order valence-electron chi connectivity index (χ4n) is 2.68. The lowest BCUT2D eigenvalue weighted by Crippen LogP contribution is -2.37. The van der Waals surface area contributed by atoms with E-state index in [1.54, 1.807) is 6.92 Å². The van der Waals surface area contributed by atoms with Crippen LogP contribution in [0.25, 0.3) is 0 Å². The zero-order valence-electron chi connectivity index (χ0n) is 11.9. The number of rotatable bonds is 2. The van der Waals surface area contributed by atoms with Crippen molar-refractivity contribution in [1.29, 1.82) is 0 Å². The van der Waals surface area contributed by atoms with E-state index in [4.69, 9.17) is 0 Å². The number of hydrogen-bond acceptors (Lipinski definition) is 4. The third-order valence-corrected chi connectivity index (χ3v) is 7.56. The monoisotopic (exact) mass is 450 g/mol. The summed E-state index contributed by atoms with van der Waals surface area (Å²) in [5.41, 5.74) is 0.895. The van der Waals surface area contributed by atoms with Gasteiger partial charge in [0.05, 0.1) is 17.5 Å². The maximum atomic E-state index is 11.9. The average Bonchev–Trinajstić information content (AvgIpc) is 2.89. The van der Waals surface area contributed by atoms with Crippen LogP contribution in [0.3, 0.4) is 0 Å². The summed E-state index contributed by atoms with van der Waals surface area (Å²) >= 11 is 3.63. The molecule has 0 bridgehead atoms. The highest BCUT2D eigenvalue weighted by Crippen LogP contribution is 2.41. The zero-order valence-corrected chi connectivity index (χ0v) is 15.7. The second-order valence-corrected chi connectivity index (χ2v) is 9.90. The second kappa shape index (κ2) is 6.12. The Balaban J connectivity index is 2.03. The van der Waals surface area contributed by atoms with Gasteiger partial charge in [0.2, 0.25) is 5.91 Å². The van der Waals surface area contributed by atoms with Crippen LogP contribution in [0.2, 0.25) is 0 Å². The van der Waals surface area contributed by atoms with Gasteiger partial charge in [-0.1, -0.05) is 24.8 Å². The van der Waals surface area contributed by atoms with E-state index in [0.717, 1.165) is 9.26 Å². The number of amidine groups is 1. The number of thioether (sulfide) groups is 1.